The average Bonchev–Trinajstić information content (AvgIpc) is 3.20. The molecular formula is C13H18ClN3O2. The number of nitrogens with zero attached hydrogens (tertiary/aromatic N) is 2. The van der Waals surface area contributed by atoms with Crippen LogP contribution in [-0.2, 0) is 0 Å². The van der Waals surface area contributed by atoms with Crippen molar-refractivity contribution in [1.29, 1.82) is 0 Å². The van der Waals surface area contributed by atoms with Gasteiger partial charge in [-0.15, -0.1) is 0 Å². The van der Waals surface area contributed by atoms with Crippen molar-refractivity contribution in [2.75, 3.05) is 25.0 Å². The van der Waals surface area contributed by atoms with E-state index in [-0.39, 0.29) is 10.6 Å². The van der Waals surface area contributed by atoms with Crippen LogP contribution < -0.4 is 5.32 Å². The van der Waals surface area contributed by atoms with Crippen molar-refractivity contribution in [3.8, 4) is 0 Å². The Bertz CT molecular complexity index is 463. The van der Waals surface area contributed by atoms with Gasteiger partial charge in [-0.05, 0) is 25.5 Å². The quantitative estimate of drug-likeness (QED) is 0.804. The zero-order valence-corrected chi connectivity index (χ0v) is 11.7. The lowest BCUT2D eigenvalue weighted by molar-refractivity contribution is 0.0697. The van der Waals surface area contributed by atoms with E-state index in [1.165, 1.54) is 25.1 Å². The Balaban J connectivity index is 1.88. The molecule has 1 saturated carbocycles. The van der Waals surface area contributed by atoms with E-state index in [2.05, 4.69) is 22.1 Å². The molecule has 0 saturated heterocycles. The highest BCUT2D eigenvalue weighted by Crippen LogP contribution is 2.26. The number of likely N-dealkylation sites (N-methyl/N-ethyl adjacent to an activating group) is 1. The zero-order valence-electron chi connectivity index (χ0n) is 10.9. The summed E-state index contributed by atoms with van der Waals surface area (Å²) in [6.45, 7) is 4.88. The number of carboxylic acids is 1. The lowest BCUT2D eigenvalue weighted by atomic mass is 10.2. The number of pyridine rings is 1. The van der Waals surface area contributed by atoms with E-state index < -0.39 is 5.97 Å². The summed E-state index contributed by atoms with van der Waals surface area (Å²) in [7, 11) is 0. The van der Waals surface area contributed by atoms with Crippen molar-refractivity contribution in [2.45, 2.75) is 25.8 Å². The van der Waals surface area contributed by atoms with E-state index in [1.54, 1.807) is 0 Å². The Morgan fingerprint density at radius 1 is 1.63 bits per heavy atom. The van der Waals surface area contributed by atoms with Gasteiger partial charge < -0.3 is 10.4 Å². The second-order valence-electron chi connectivity index (χ2n) is 4.64. The van der Waals surface area contributed by atoms with Gasteiger partial charge in [-0.3, -0.25) is 4.90 Å². The minimum Gasteiger partial charge on any atom is -0.478 e. The smallest absolute Gasteiger partial charge is 0.337 e. The molecule has 1 fully saturated rings. The number of anilines is 1. The molecule has 1 aliphatic rings. The SMILES string of the molecule is CCN(CCNc1cc(C(=O)O)c(Cl)cn1)C1CC1. The van der Waals surface area contributed by atoms with Crippen molar-refractivity contribution in [1.82, 2.24) is 9.88 Å². The lowest BCUT2D eigenvalue weighted by Gasteiger charge is -2.19. The zero-order chi connectivity index (χ0) is 13.8. The second-order valence-corrected chi connectivity index (χ2v) is 5.05. The number of carbonyl (C=O) groups is 1. The summed E-state index contributed by atoms with van der Waals surface area (Å²) in [6, 6.07) is 2.21. The fourth-order valence-electron chi connectivity index (χ4n) is 2.07. The van der Waals surface area contributed by atoms with Crippen LogP contribution in [0.4, 0.5) is 5.82 Å². The van der Waals surface area contributed by atoms with Gasteiger partial charge in [-0.25, -0.2) is 9.78 Å². The van der Waals surface area contributed by atoms with Crippen LogP contribution in [0, 0.1) is 0 Å². The fourth-order valence-corrected chi connectivity index (χ4v) is 2.25. The summed E-state index contributed by atoms with van der Waals surface area (Å²) < 4.78 is 0. The van der Waals surface area contributed by atoms with Crippen LogP contribution in [0.1, 0.15) is 30.1 Å². The number of nitrogens with one attached hydrogen (secondary N) is 1. The monoisotopic (exact) mass is 283 g/mol. The van der Waals surface area contributed by atoms with E-state index in [9.17, 15) is 4.79 Å². The number of rotatable bonds is 7. The summed E-state index contributed by atoms with van der Waals surface area (Å²) in [5.74, 6) is -0.489. The molecule has 1 aliphatic carbocycles. The Morgan fingerprint density at radius 2 is 2.37 bits per heavy atom. The minimum atomic E-state index is -1.04. The van der Waals surface area contributed by atoms with Gasteiger partial charge in [0.1, 0.15) is 5.82 Å². The van der Waals surface area contributed by atoms with Gasteiger partial charge in [0.2, 0.25) is 0 Å². The standard InChI is InChI=1S/C13H18ClN3O2/c1-2-17(9-3-4-9)6-5-15-12-7-10(13(18)19)11(14)8-16-12/h7-9H,2-6H2,1H3,(H,15,16)(H,18,19). The van der Waals surface area contributed by atoms with E-state index in [0.29, 0.717) is 5.82 Å². The van der Waals surface area contributed by atoms with Crippen molar-refractivity contribution < 1.29 is 9.90 Å². The molecule has 104 valence electrons. The molecule has 0 radical (unpaired) electrons. The molecule has 0 aromatic carbocycles. The number of hydrogen-bond acceptors (Lipinski definition) is 4. The minimum absolute atomic E-state index is 0.0775. The molecule has 0 atom stereocenters. The third-order valence-corrected chi connectivity index (χ3v) is 3.56. The molecule has 1 heterocycles. The average molecular weight is 284 g/mol. The van der Waals surface area contributed by atoms with Gasteiger partial charge in [-0.2, -0.15) is 0 Å². The van der Waals surface area contributed by atoms with E-state index in [0.717, 1.165) is 25.7 Å². The van der Waals surface area contributed by atoms with Crippen molar-refractivity contribution in [3.63, 3.8) is 0 Å². The predicted molar refractivity (Wildman–Crippen MR) is 75.0 cm³/mol. The largest absolute Gasteiger partial charge is 0.478 e. The topological polar surface area (TPSA) is 65.5 Å². The van der Waals surface area contributed by atoms with Crippen LogP contribution in [-0.4, -0.2) is 46.6 Å². The third kappa shape index (κ3) is 3.81. The maximum atomic E-state index is 11.0. The number of halogens is 1. The highest BCUT2D eigenvalue weighted by atomic mass is 35.5. The van der Waals surface area contributed by atoms with Crippen LogP contribution in [0.15, 0.2) is 12.3 Å². The van der Waals surface area contributed by atoms with Crippen LogP contribution in [0.2, 0.25) is 5.02 Å². The normalized spacial score (nSPS) is 14.7. The van der Waals surface area contributed by atoms with Crippen LogP contribution in [0.5, 0.6) is 0 Å². The number of aromatic carboxylic acids is 1. The van der Waals surface area contributed by atoms with Gasteiger partial charge in [0.15, 0.2) is 0 Å². The third-order valence-electron chi connectivity index (χ3n) is 3.26. The Labute approximate surface area is 117 Å². The van der Waals surface area contributed by atoms with Gasteiger partial charge >= 0.3 is 5.97 Å². The molecule has 6 heteroatoms. The van der Waals surface area contributed by atoms with Crippen molar-refractivity contribution in [2.24, 2.45) is 0 Å². The molecule has 5 nitrogen and oxygen atoms in total. The molecule has 0 aliphatic heterocycles. The number of carboxylic acid groups (broad SMARTS) is 1. The summed E-state index contributed by atoms with van der Waals surface area (Å²) in [5.41, 5.74) is 0.0775. The maximum absolute atomic E-state index is 11.0. The molecule has 2 N–H and O–H groups in total. The summed E-state index contributed by atoms with van der Waals surface area (Å²) in [6.07, 6.45) is 3.94. The Morgan fingerprint density at radius 3 is 2.95 bits per heavy atom. The molecule has 0 spiro atoms. The highest BCUT2D eigenvalue weighted by Gasteiger charge is 2.27. The molecule has 2 rings (SSSR count). The van der Waals surface area contributed by atoms with E-state index in [4.69, 9.17) is 16.7 Å². The van der Waals surface area contributed by atoms with Crippen molar-refractivity contribution in [3.05, 3.63) is 22.8 Å². The first-order valence-corrected chi connectivity index (χ1v) is 6.86. The van der Waals surface area contributed by atoms with E-state index in [1.807, 2.05) is 0 Å². The van der Waals surface area contributed by atoms with Crippen LogP contribution >= 0.6 is 11.6 Å². The first kappa shape index (κ1) is 14.1. The molecule has 1 aromatic rings. The van der Waals surface area contributed by atoms with Gasteiger partial charge in [0, 0.05) is 25.3 Å². The molecule has 1 aromatic heterocycles. The summed E-state index contributed by atoms with van der Waals surface area (Å²) in [4.78, 5) is 17.4. The highest BCUT2D eigenvalue weighted by molar-refractivity contribution is 6.33. The van der Waals surface area contributed by atoms with Gasteiger partial charge in [0.25, 0.3) is 0 Å². The molecule has 0 amide bonds. The first-order valence-electron chi connectivity index (χ1n) is 6.48. The lowest BCUT2D eigenvalue weighted by Crippen LogP contribution is -2.31. The fraction of sp³-hybridized carbons (Fsp3) is 0.538. The predicted octanol–water partition coefficient (Wildman–Crippen LogP) is 2.33. The number of hydrogen-bond donors (Lipinski definition) is 2. The summed E-state index contributed by atoms with van der Waals surface area (Å²) >= 11 is 5.77. The Hall–Kier alpha value is -1.33. The maximum Gasteiger partial charge on any atom is 0.337 e. The van der Waals surface area contributed by atoms with Gasteiger partial charge in [-0.1, -0.05) is 18.5 Å². The van der Waals surface area contributed by atoms with E-state index >= 15 is 0 Å². The molecular weight excluding hydrogens is 266 g/mol. The van der Waals surface area contributed by atoms with Crippen molar-refractivity contribution >= 4 is 23.4 Å². The number of aromatic nitrogens is 1. The Kier molecular flexibility index (Phi) is 4.61. The van der Waals surface area contributed by atoms with Gasteiger partial charge in [0.05, 0.1) is 10.6 Å². The second kappa shape index (κ2) is 6.21. The van der Waals surface area contributed by atoms with Crippen LogP contribution in [0.25, 0.3) is 0 Å². The molecule has 0 bridgehead atoms. The summed E-state index contributed by atoms with van der Waals surface area (Å²) in [5, 5.41) is 12.3. The first-order chi connectivity index (χ1) is 9.11. The molecule has 19 heavy (non-hydrogen) atoms. The van der Waals surface area contributed by atoms with Crippen LogP contribution in [0.3, 0.4) is 0 Å². The molecule has 0 unspecified atom stereocenters.